The van der Waals surface area contributed by atoms with Gasteiger partial charge in [-0.1, -0.05) is 47.5 Å². The highest BCUT2D eigenvalue weighted by molar-refractivity contribution is 6.36. The van der Waals surface area contributed by atoms with Crippen LogP contribution in [-0.4, -0.2) is 12.6 Å². The minimum atomic E-state index is -0.678. The van der Waals surface area contributed by atoms with Gasteiger partial charge in [-0.25, -0.2) is 9.18 Å². The van der Waals surface area contributed by atoms with Crippen LogP contribution in [-0.2, 0) is 6.61 Å². The quantitative estimate of drug-likeness (QED) is 0.163. The summed E-state index contributed by atoms with van der Waals surface area (Å²) in [6.07, 6.45) is 0. The molecule has 0 radical (unpaired) electrons. The summed E-state index contributed by atoms with van der Waals surface area (Å²) in [5.41, 5.74) is 8.66. The average Bonchev–Trinajstić information content (AvgIpc) is 2.96. The normalized spacial score (nSPS) is 13.9. The highest BCUT2D eigenvalue weighted by Gasteiger charge is 2.32. The number of nitrogens with two attached hydrogens (primary N) is 1. The maximum atomic E-state index is 13.3. The largest absolute Gasteiger partial charge is 0.490 e. The van der Waals surface area contributed by atoms with Gasteiger partial charge in [0.05, 0.1) is 23.1 Å². The molecule has 1 heterocycles. The Morgan fingerprint density at radius 3 is 2.50 bits per heavy atom. The molecule has 0 aromatic heterocycles. The van der Waals surface area contributed by atoms with Gasteiger partial charge in [0.2, 0.25) is 5.88 Å². The molecule has 1 unspecified atom stereocenters. The lowest BCUT2D eigenvalue weighted by atomic mass is 9.83. The first-order valence-electron chi connectivity index (χ1n) is 12.8. The summed E-state index contributed by atoms with van der Waals surface area (Å²) in [4.78, 5) is 12.7. The van der Waals surface area contributed by atoms with Crippen molar-refractivity contribution in [3.8, 4) is 29.1 Å². The fourth-order valence-corrected chi connectivity index (χ4v) is 4.98. The van der Waals surface area contributed by atoms with Gasteiger partial charge in [0, 0.05) is 16.7 Å². The van der Waals surface area contributed by atoms with E-state index < -0.39 is 11.9 Å². The molecule has 0 aliphatic carbocycles. The van der Waals surface area contributed by atoms with Gasteiger partial charge >= 0.3 is 5.97 Å². The SMILES string of the molecule is CCOc1cc(C2C(C#N)=C(N)Oc3cc(OC(=O)c4ccc(Cl)cc4Cl)ccc32)ccc1OCc1ccc(F)cc1. The third-order valence-corrected chi connectivity index (χ3v) is 7.01. The van der Waals surface area contributed by atoms with Crippen LogP contribution in [0.5, 0.6) is 23.0 Å². The van der Waals surface area contributed by atoms with Gasteiger partial charge in [-0.15, -0.1) is 0 Å². The Morgan fingerprint density at radius 2 is 1.79 bits per heavy atom. The first kappa shape index (κ1) is 28.8. The lowest BCUT2D eigenvalue weighted by molar-refractivity contribution is 0.0734. The lowest BCUT2D eigenvalue weighted by Gasteiger charge is -2.27. The van der Waals surface area contributed by atoms with Crippen LogP contribution >= 0.6 is 23.2 Å². The zero-order valence-electron chi connectivity index (χ0n) is 22.2. The molecule has 0 saturated carbocycles. The number of benzene rings is 4. The second-order valence-electron chi connectivity index (χ2n) is 9.19. The van der Waals surface area contributed by atoms with Crippen LogP contribution in [0.1, 0.15) is 39.9 Å². The van der Waals surface area contributed by atoms with E-state index in [1.165, 1.54) is 36.4 Å². The van der Waals surface area contributed by atoms with Crippen molar-refractivity contribution in [1.29, 1.82) is 5.26 Å². The van der Waals surface area contributed by atoms with Crippen molar-refractivity contribution in [2.24, 2.45) is 5.73 Å². The number of fused-ring (bicyclic) bond motifs is 1. The summed E-state index contributed by atoms with van der Waals surface area (Å²) in [6, 6.07) is 22.8. The summed E-state index contributed by atoms with van der Waals surface area (Å²) < 4.78 is 36.4. The zero-order valence-corrected chi connectivity index (χ0v) is 23.7. The molecule has 0 saturated heterocycles. The Kier molecular flexibility index (Phi) is 8.53. The minimum Gasteiger partial charge on any atom is -0.490 e. The molecule has 1 aliphatic rings. The van der Waals surface area contributed by atoms with Gasteiger partial charge in [0.1, 0.15) is 35.6 Å². The standard InChI is InChI=1S/C32H23Cl2FN2O5/c1-2-39-29-13-19(5-12-27(29)40-17-18-3-7-21(35)8-4-18)30-24-11-9-22(15-28(24)42-31(37)25(30)16-36)41-32(38)23-10-6-20(33)14-26(23)34/h3-15,30H,2,17,37H2,1H3. The van der Waals surface area contributed by atoms with Crippen LogP contribution in [0.3, 0.4) is 0 Å². The predicted molar refractivity (Wildman–Crippen MR) is 156 cm³/mol. The number of hydrogen-bond donors (Lipinski definition) is 1. The molecule has 5 rings (SSSR count). The maximum Gasteiger partial charge on any atom is 0.345 e. The summed E-state index contributed by atoms with van der Waals surface area (Å²) >= 11 is 12.1. The smallest absolute Gasteiger partial charge is 0.345 e. The van der Waals surface area contributed by atoms with Gasteiger partial charge in [0.25, 0.3) is 0 Å². The van der Waals surface area contributed by atoms with E-state index in [2.05, 4.69) is 6.07 Å². The van der Waals surface area contributed by atoms with Crippen molar-refractivity contribution in [1.82, 2.24) is 0 Å². The topological polar surface area (TPSA) is 104 Å². The molecular formula is C32H23Cl2FN2O5. The number of nitriles is 1. The summed E-state index contributed by atoms with van der Waals surface area (Å²) in [5.74, 6) is -0.222. The molecule has 10 heteroatoms. The Hall–Kier alpha value is -4.71. The molecule has 0 bridgehead atoms. The van der Waals surface area contributed by atoms with E-state index in [1.807, 2.05) is 13.0 Å². The maximum absolute atomic E-state index is 13.3. The van der Waals surface area contributed by atoms with Crippen molar-refractivity contribution in [2.45, 2.75) is 19.4 Å². The predicted octanol–water partition coefficient (Wildman–Crippen LogP) is 7.55. The first-order chi connectivity index (χ1) is 20.3. The zero-order chi connectivity index (χ0) is 29.8. The second kappa shape index (κ2) is 12.4. The van der Waals surface area contributed by atoms with Crippen molar-refractivity contribution in [3.05, 3.63) is 128 Å². The lowest BCUT2D eigenvalue weighted by Crippen LogP contribution is -2.21. The summed E-state index contributed by atoms with van der Waals surface area (Å²) in [6.45, 7) is 2.42. The molecule has 0 spiro atoms. The van der Waals surface area contributed by atoms with Crippen molar-refractivity contribution < 1.29 is 28.1 Å². The number of esters is 1. The molecule has 4 aromatic rings. The number of allylic oxidation sites excluding steroid dienone is 1. The molecule has 4 aromatic carbocycles. The number of ether oxygens (including phenoxy) is 4. The van der Waals surface area contributed by atoms with Crippen molar-refractivity contribution in [3.63, 3.8) is 0 Å². The van der Waals surface area contributed by atoms with Crippen LogP contribution in [0.15, 0.2) is 90.3 Å². The van der Waals surface area contributed by atoms with Gasteiger partial charge in [0.15, 0.2) is 11.5 Å². The van der Waals surface area contributed by atoms with Crippen LogP contribution in [0, 0.1) is 17.1 Å². The number of carbonyl (C=O) groups is 1. The van der Waals surface area contributed by atoms with E-state index in [4.69, 9.17) is 47.9 Å². The molecular weight excluding hydrogens is 582 g/mol. The van der Waals surface area contributed by atoms with E-state index in [1.54, 1.807) is 36.4 Å². The molecule has 1 atom stereocenters. The Labute approximate surface area is 251 Å². The summed E-state index contributed by atoms with van der Waals surface area (Å²) in [7, 11) is 0. The molecule has 0 amide bonds. The molecule has 212 valence electrons. The van der Waals surface area contributed by atoms with Crippen LogP contribution in [0.25, 0.3) is 0 Å². The van der Waals surface area contributed by atoms with Gasteiger partial charge in [-0.2, -0.15) is 5.26 Å². The second-order valence-corrected chi connectivity index (χ2v) is 10.0. The number of carbonyl (C=O) groups excluding carboxylic acids is 1. The van der Waals surface area contributed by atoms with E-state index in [0.29, 0.717) is 40.0 Å². The molecule has 1 aliphatic heterocycles. The molecule has 7 nitrogen and oxygen atoms in total. The summed E-state index contributed by atoms with van der Waals surface area (Å²) in [5, 5.41) is 10.5. The highest BCUT2D eigenvalue weighted by Crippen LogP contribution is 2.45. The third kappa shape index (κ3) is 6.13. The number of rotatable bonds is 8. The van der Waals surface area contributed by atoms with Gasteiger partial charge < -0.3 is 24.7 Å². The molecule has 2 N–H and O–H groups in total. The molecule has 42 heavy (non-hydrogen) atoms. The monoisotopic (exact) mass is 604 g/mol. The Balaban J connectivity index is 1.44. The Morgan fingerprint density at radius 1 is 1.00 bits per heavy atom. The van der Waals surface area contributed by atoms with E-state index in [9.17, 15) is 14.4 Å². The van der Waals surface area contributed by atoms with Crippen LogP contribution < -0.4 is 24.7 Å². The van der Waals surface area contributed by atoms with Crippen molar-refractivity contribution in [2.75, 3.05) is 6.61 Å². The fourth-order valence-electron chi connectivity index (χ4n) is 4.49. The van der Waals surface area contributed by atoms with E-state index in [0.717, 1.165) is 5.56 Å². The first-order valence-corrected chi connectivity index (χ1v) is 13.6. The third-order valence-electron chi connectivity index (χ3n) is 6.46. The van der Waals surface area contributed by atoms with Gasteiger partial charge in [-0.3, -0.25) is 0 Å². The Bertz CT molecular complexity index is 1730. The van der Waals surface area contributed by atoms with Crippen LogP contribution in [0.2, 0.25) is 10.0 Å². The number of hydrogen-bond acceptors (Lipinski definition) is 7. The minimum absolute atomic E-state index is 0.0752. The highest BCUT2D eigenvalue weighted by atomic mass is 35.5. The average molecular weight is 605 g/mol. The fraction of sp³-hybridized carbons (Fsp3) is 0.125. The molecule has 0 fully saturated rings. The van der Waals surface area contributed by atoms with E-state index >= 15 is 0 Å². The van der Waals surface area contributed by atoms with Gasteiger partial charge in [-0.05, 0) is 66.6 Å². The number of nitrogens with zero attached hydrogens (tertiary/aromatic N) is 1. The van der Waals surface area contributed by atoms with Crippen molar-refractivity contribution >= 4 is 29.2 Å². The van der Waals surface area contributed by atoms with E-state index in [-0.39, 0.29) is 40.2 Å². The van der Waals surface area contributed by atoms with Crippen LogP contribution in [0.4, 0.5) is 4.39 Å². The number of halogens is 3.